The summed E-state index contributed by atoms with van der Waals surface area (Å²) >= 11 is 0. The number of nitrogens with one attached hydrogen (secondary N) is 2. The fourth-order valence-corrected chi connectivity index (χ4v) is 1.99. The van der Waals surface area contributed by atoms with Crippen LogP contribution in [0, 0.1) is 5.41 Å². The second-order valence-electron chi connectivity index (χ2n) is 5.86. The number of hydrogen-bond donors (Lipinski definition) is 3. The molecule has 0 bridgehead atoms. The molecule has 0 aliphatic carbocycles. The van der Waals surface area contributed by atoms with Crippen LogP contribution < -0.4 is 16.6 Å². The highest BCUT2D eigenvalue weighted by atomic mass is 16.1. The van der Waals surface area contributed by atoms with E-state index in [0.717, 1.165) is 6.42 Å². The van der Waals surface area contributed by atoms with Gasteiger partial charge in [0.25, 0.3) is 5.91 Å². The molecule has 5 nitrogen and oxygen atoms in total. The summed E-state index contributed by atoms with van der Waals surface area (Å²) in [6.07, 6.45) is 4.76. The van der Waals surface area contributed by atoms with Crippen molar-refractivity contribution in [3.05, 3.63) is 23.9 Å². The number of hydrazine groups is 1. The summed E-state index contributed by atoms with van der Waals surface area (Å²) in [5, 5.41) is 2.95. The summed E-state index contributed by atoms with van der Waals surface area (Å²) in [5.41, 5.74) is 2.92. The Morgan fingerprint density at radius 2 is 2.10 bits per heavy atom. The zero-order chi connectivity index (χ0) is 15.0. The lowest BCUT2D eigenvalue weighted by Gasteiger charge is -2.24. The van der Waals surface area contributed by atoms with Crippen molar-refractivity contribution in [2.45, 2.75) is 46.5 Å². The van der Waals surface area contributed by atoms with E-state index in [1.165, 1.54) is 19.3 Å². The number of anilines is 1. The SMILES string of the molecule is CCCCCC(C)(C)CNC(=O)c1cccc(NN)n1. The zero-order valence-electron chi connectivity index (χ0n) is 12.7. The molecule has 0 aliphatic heterocycles. The molecule has 1 aromatic rings. The second kappa shape index (κ2) is 7.85. The van der Waals surface area contributed by atoms with Gasteiger partial charge in [-0.2, -0.15) is 0 Å². The quantitative estimate of drug-likeness (QED) is 0.388. The molecule has 1 amide bonds. The zero-order valence-corrected chi connectivity index (χ0v) is 12.7. The third kappa shape index (κ3) is 5.57. The van der Waals surface area contributed by atoms with Crippen LogP contribution >= 0.6 is 0 Å². The van der Waals surface area contributed by atoms with E-state index in [1.54, 1.807) is 18.2 Å². The van der Waals surface area contributed by atoms with Crippen LogP contribution in [0.1, 0.15) is 56.9 Å². The van der Waals surface area contributed by atoms with Crippen LogP contribution in [-0.4, -0.2) is 17.4 Å². The number of rotatable bonds is 8. The van der Waals surface area contributed by atoms with Crippen molar-refractivity contribution in [1.82, 2.24) is 10.3 Å². The summed E-state index contributed by atoms with van der Waals surface area (Å²) in [7, 11) is 0. The van der Waals surface area contributed by atoms with Gasteiger partial charge in [-0.05, 0) is 24.0 Å². The standard InChI is InChI=1S/C15H26N4O/c1-4-5-6-10-15(2,3)11-17-14(20)12-8-7-9-13(18-12)19-16/h7-9H,4-6,10-11,16H2,1-3H3,(H,17,20)(H,18,19). The number of aromatic nitrogens is 1. The molecule has 0 radical (unpaired) electrons. The predicted octanol–water partition coefficient (Wildman–Crippen LogP) is 2.70. The Morgan fingerprint density at radius 3 is 2.75 bits per heavy atom. The predicted molar refractivity (Wildman–Crippen MR) is 82.3 cm³/mol. The Hall–Kier alpha value is -1.62. The number of pyridine rings is 1. The van der Waals surface area contributed by atoms with Crippen molar-refractivity contribution in [2.24, 2.45) is 11.3 Å². The molecule has 5 heteroatoms. The first-order valence-electron chi connectivity index (χ1n) is 7.20. The summed E-state index contributed by atoms with van der Waals surface area (Å²) in [4.78, 5) is 16.2. The van der Waals surface area contributed by atoms with E-state index in [4.69, 9.17) is 5.84 Å². The first-order chi connectivity index (χ1) is 9.48. The second-order valence-corrected chi connectivity index (χ2v) is 5.86. The topological polar surface area (TPSA) is 80.0 Å². The van der Waals surface area contributed by atoms with E-state index in [1.807, 2.05) is 0 Å². The van der Waals surface area contributed by atoms with Gasteiger partial charge in [-0.15, -0.1) is 0 Å². The highest BCUT2D eigenvalue weighted by molar-refractivity contribution is 5.92. The lowest BCUT2D eigenvalue weighted by Crippen LogP contribution is -2.34. The maximum absolute atomic E-state index is 12.0. The van der Waals surface area contributed by atoms with Gasteiger partial charge >= 0.3 is 0 Å². The Labute approximate surface area is 121 Å². The minimum Gasteiger partial charge on any atom is -0.350 e. The van der Waals surface area contributed by atoms with Crippen molar-refractivity contribution in [3.63, 3.8) is 0 Å². The molecule has 4 N–H and O–H groups in total. The van der Waals surface area contributed by atoms with Crippen LogP contribution in [0.25, 0.3) is 0 Å². The molecule has 0 spiro atoms. The molecular formula is C15H26N4O. The van der Waals surface area contributed by atoms with Crippen LogP contribution in [0.2, 0.25) is 0 Å². The molecule has 1 rings (SSSR count). The third-order valence-corrected chi connectivity index (χ3v) is 3.31. The smallest absolute Gasteiger partial charge is 0.269 e. The third-order valence-electron chi connectivity index (χ3n) is 3.31. The van der Waals surface area contributed by atoms with Crippen LogP contribution in [0.15, 0.2) is 18.2 Å². The average Bonchev–Trinajstić information content (AvgIpc) is 2.45. The van der Waals surface area contributed by atoms with E-state index in [2.05, 4.69) is 36.5 Å². The summed E-state index contributed by atoms with van der Waals surface area (Å²) in [6, 6.07) is 5.15. The van der Waals surface area contributed by atoms with Gasteiger partial charge in [0.05, 0.1) is 0 Å². The van der Waals surface area contributed by atoms with Gasteiger partial charge in [0.1, 0.15) is 11.5 Å². The molecule has 0 atom stereocenters. The number of unbranched alkanes of at least 4 members (excludes halogenated alkanes) is 2. The number of nitrogens with zero attached hydrogens (tertiary/aromatic N) is 1. The highest BCUT2D eigenvalue weighted by Gasteiger charge is 2.19. The molecule has 0 aromatic carbocycles. The van der Waals surface area contributed by atoms with Crippen LogP contribution in [0.3, 0.4) is 0 Å². The van der Waals surface area contributed by atoms with Gasteiger partial charge in [0.2, 0.25) is 0 Å². The number of amides is 1. The number of carbonyl (C=O) groups excluding carboxylic acids is 1. The van der Waals surface area contributed by atoms with E-state index >= 15 is 0 Å². The molecule has 20 heavy (non-hydrogen) atoms. The fourth-order valence-electron chi connectivity index (χ4n) is 1.99. The van der Waals surface area contributed by atoms with Crippen LogP contribution in [-0.2, 0) is 0 Å². The van der Waals surface area contributed by atoms with E-state index in [9.17, 15) is 4.79 Å². The molecule has 0 unspecified atom stereocenters. The summed E-state index contributed by atoms with van der Waals surface area (Å²) in [5.74, 6) is 5.61. The number of nitrogens with two attached hydrogens (primary N) is 1. The summed E-state index contributed by atoms with van der Waals surface area (Å²) < 4.78 is 0. The fraction of sp³-hybridized carbons (Fsp3) is 0.600. The Kier molecular flexibility index (Phi) is 6.45. The summed E-state index contributed by atoms with van der Waals surface area (Å²) in [6.45, 7) is 7.19. The number of nitrogen functional groups attached to an aromatic ring is 1. The van der Waals surface area contributed by atoms with Gasteiger partial charge in [-0.3, -0.25) is 4.79 Å². The van der Waals surface area contributed by atoms with Gasteiger partial charge in [-0.25, -0.2) is 10.8 Å². The first-order valence-corrected chi connectivity index (χ1v) is 7.20. The van der Waals surface area contributed by atoms with E-state index in [-0.39, 0.29) is 11.3 Å². The van der Waals surface area contributed by atoms with Crippen molar-refractivity contribution in [2.75, 3.05) is 12.0 Å². The van der Waals surface area contributed by atoms with Gasteiger partial charge in [0.15, 0.2) is 0 Å². The molecule has 0 fully saturated rings. The molecule has 0 aliphatic rings. The monoisotopic (exact) mass is 278 g/mol. The Bertz CT molecular complexity index is 432. The van der Waals surface area contributed by atoms with E-state index < -0.39 is 0 Å². The van der Waals surface area contributed by atoms with Crippen LogP contribution in [0.5, 0.6) is 0 Å². The Balaban J connectivity index is 2.49. The Morgan fingerprint density at radius 1 is 1.35 bits per heavy atom. The molecule has 0 saturated heterocycles. The number of carbonyl (C=O) groups is 1. The average molecular weight is 278 g/mol. The van der Waals surface area contributed by atoms with Crippen LogP contribution in [0.4, 0.5) is 5.82 Å². The maximum Gasteiger partial charge on any atom is 0.269 e. The molecule has 1 aromatic heterocycles. The minimum absolute atomic E-state index is 0.106. The van der Waals surface area contributed by atoms with Crippen molar-refractivity contribution in [3.8, 4) is 0 Å². The lowest BCUT2D eigenvalue weighted by atomic mass is 9.87. The van der Waals surface area contributed by atoms with Gasteiger partial charge in [-0.1, -0.05) is 46.1 Å². The number of hydrogen-bond acceptors (Lipinski definition) is 4. The molecule has 112 valence electrons. The highest BCUT2D eigenvalue weighted by Crippen LogP contribution is 2.22. The van der Waals surface area contributed by atoms with Crippen molar-refractivity contribution in [1.29, 1.82) is 0 Å². The molecular weight excluding hydrogens is 252 g/mol. The van der Waals surface area contributed by atoms with Gasteiger partial charge in [0, 0.05) is 6.54 Å². The molecule has 0 saturated carbocycles. The normalized spacial score (nSPS) is 11.2. The van der Waals surface area contributed by atoms with Gasteiger partial charge < -0.3 is 10.7 Å². The van der Waals surface area contributed by atoms with E-state index in [0.29, 0.717) is 18.1 Å². The molecule has 1 heterocycles. The lowest BCUT2D eigenvalue weighted by molar-refractivity contribution is 0.0929. The van der Waals surface area contributed by atoms with Crippen molar-refractivity contribution < 1.29 is 4.79 Å². The largest absolute Gasteiger partial charge is 0.350 e. The maximum atomic E-state index is 12.0. The van der Waals surface area contributed by atoms with Crippen molar-refractivity contribution >= 4 is 11.7 Å². The first kappa shape index (κ1) is 16.4. The minimum atomic E-state index is -0.161.